The molecule has 0 amide bonds. The molecular formula is C13H15F2N3. The fourth-order valence-electron chi connectivity index (χ4n) is 1.76. The number of aryl methyl sites for hydroxylation is 2. The van der Waals surface area contributed by atoms with Crippen LogP contribution in [0.15, 0.2) is 24.4 Å². The van der Waals surface area contributed by atoms with Gasteiger partial charge in [-0.1, -0.05) is 0 Å². The molecule has 0 spiro atoms. The standard InChI is InChI=1S/C13H15F2N3/c1-3-18-8-9(2)13(17-18)16-7-10-4-11(14)6-12(15)5-10/h4-6,8H,3,7H2,1-2H3,(H,16,17). The molecule has 0 saturated carbocycles. The van der Waals surface area contributed by atoms with Crippen molar-refractivity contribution in [3.63, 3.8) is 0 Å². The number of nitrogens with zero attached hydrogens (tertiary/aromatic N) is 2. The zero-order valence-corrected chi connectivity index (χ0v) is 10.4. The fourth-order valence-corrected chi connectivity index (χ4v) is 1.76. The maximum atomic E-state index is 13.0. The van der Waals surface area contributed by atoms with E-state index in [-0.39, 0.29) is 0 Å². The third-order valence-corrected chi connectivity index (χ3v) is 2.65. The van der Waals surface area contributed by atoms with Gasteiger partial charge < -0.3 is 5.32 Å². The van der Waals surface area contributed by atoms with E-state index in [4.69, 9.17) is 0 Å². The van der Waals surface area contributed by atoms with Gasteiger partial charge in [0.15, 0.2) is 5.82 Å². The molecule has 2 rings (SSSR count). The van der Waals surface area contributed by atoms with Crippen molar-refractivity contribution in [2.75, 3.05) is 5.32 Å². The molecule has 0 aliphatic rings. The van der Waals surface area contributed by atoms with Crippen LogP contribution in [0.25, 0.3) is 0 Å². The van der Waals surface area contributed by atoms with Gasteiger partial charge in [-0.05, 0) is 31.5 Å². The highest BCUT2D eigenvalue weighted by molar-refractivity contribution is 5.42. The maximum Gasteiger partial charge on any atom is 0.151 e. The molecule has 0 radical (unpaired) electrons. The van der Waals surface area contributed by atoms with E-state index in [0.29, 0.717) is 12.1 Å². The van der Waals surface area contributed by atoms with Gasteiger partial charge in [0.2, 0.25) is 0 Å². The Morgan fingerprint density at radius 1 is 1.22 bits per heavy atom. The second-order valence-corrected chi connectivity index (χ2v) is 4.15. The van der Waals surface area contributed by atoms with Crippen LogP contribution in [0.4, 0.5) is 14.6 Å². The highest BCUT2D eigenvalue weighted by Crippen LogP contribution is 2.14. The van der Waals surface area contributed by atoms with Gasteiger partial charge in [0, 0.05) is 30.9 Å². The number of hydrogen-bond donors (Lipinski definition) is 1. The van der Waals surface area contributed by atoms with Gasteiger partial charge >= 0.3 is 0 Å². The van der Waals surface area contributed by atoms with Crippen molar-refractivity contribution in [3.05, 3.63) is 47.2 Å². The fraction of sp³-hybridized carbons (Fsp3) is 0.308. The van der Waals surface area contributed by atoms with Crippen molar-refractivity contribution in [3.8, 4) is 0 Å². The van der Waals surface area contributed by atoms with Crippen LogP contribution in [0.2, 0.25) is 0 Å². The summed E-state index contributed by atoms with van der Waals surface area (Å²) in [5.74, 6) is -0.397. The monoisotopic (exact) mass is 251 g/mol. The number of benzene rings is 1. The quantitative estimate of drug-likeness (QED) is 0.904. The lowest BCUT2D eigenvalue weighted by atomic mass is 10.2. The molecule has 1 aromatic carbocycles. The van der Waals surface area contributed by atoms with E-state index < -0.39 is 11.6 Å². The topological polar surface area (TPSA) is 29.9 Å². The normalized spacial score (nSPS) is 10.7. The average Bonchev–Trinajstić information content (AvgIpc) is 2.66. The molecule has 0 saturated heterocycles. The van der Waals surface area contributed by atoms with Gasteiger partial charge in [0.25, 0.3) is 0 Å². The van der Waals surface area contributed by atoms with Gasteiger partial charge in [-0.2, -0.15) is 5.10 Å². The predicted molar refractivity (Wildman–Crippen MR) is 66.3 cm³/mol. The molecule has 2 aromatic rings. The molecule has 1 N–H and O–H groups in total. The molecule has 0 fully saturated rings. The molecule has 1 aromatic heterocycles. The van der Waals surface area contributed by atoms with Gasteiger partial charge in [-0.3, -0.25) is 4.68 Å². The zero-order chi connectivity index (χ0) is 13.1. The van der Waals surface area contributed by atoms with Gasteiger partial charge in [0.1, 0.15) is 11.6 Å². The first-order valence-corrected chi connectivity index (χ1v) is 5.81. The summed E-state index contributed by atoms with van der Waals surface area (Å²) in [5.41, 5.74) is 1.56. The maximum absolute atomic E-state index is 13.0. The van der Waals surface area contributed by atoms with E-state index in [0.717, 1.165) is 24.0 Å². The molecule has 0 atom stereocenters. The molecule has 0 unspecified atom stereocenters. The molecule has 3 nitrogen and oxygen atoms in total. The van der Waals surface area contributed by atoms with Crippen molar-refractivity contribution in [1.82, 2.24) is 9.78 Å². The van der Waals surface area contributed by atoms with Crippen LogP contribution in [-0.2, 0) is 13.1 Å². The second kappa shape index (κ2) is 5.16. The molecule has 5 heteroatoms. The zero-order valence-electron chi connectivity index (χ0n) is 10.4. The molecule has 96 valence electrons. The van der Waals surface area contributed by atoms with Crippen LogP contribution in [0.1, 0.15) is 18.1 Å². The SMILES string of the molecule is CCn1cc(C)c(NCc2cc(F)cc(F)c2)n1. The molecule has 1 heterocycles. The van der Waals surface area contributed by atoms with Gasteiger partial charge in [0.05, 0.1) is 0 Å². The Kier molecular flexibility index (Phi) is 3.60. The molecular weight excluding hydrogens is 236 g/mol. The number of anilines is 1. The van der Waals surface area contributed by atoms with Crippen LogP contribution in [0.3, 0.4) is 0 Å². The summed E-state index contributed by atoms with van der Waals surface area (Å²) < 4.78 is 27.8. The molecule has 0 aliphatic carbocycles. The smallest absolute Gasteiger partial charge is 0.151 e. The van der Waals surface area contributed by atoms with E-state index in [2.05, 4.69) is 10.4 Å². The summed E-state index contributed by atoms with van der Waals surface area (Å²) in [5, 5.41) is 7.38. The summed E-state index contributed by atoms with van der Waals surface area (Å²) in [4.78, 5) is 0. The lowest BCUT2D eigenvalue weighted by Gasteiger charge is -2.05. The van der Waals surface area contributed by atoms with E-state index in [1.54, 1.807) is 0 Å². The first-order valence-electron chi connectivity index (χ1n) is 5.81. The number of aromatic nitrogens is 2. The Labute approximate surface area is 104 Å². The van der Waals surface area contributed by atoms with Crippen molar-refractivity contribution in [2.24, 2.45) is 0 Å². The minimum Gasteiger partial charge on any atom is -0.364 e. The predicted octanol–water partition coefficient (Wildman–Crippen LogP) is 3.10. The lowest BCUT2D eigenvalue weighted by molar-refractivity contribution is 0.580. The molecule has 18 heavy (non-hydrogen) atoms. The Balaban J connectivity index is 2.08. The third kappa shape index (κ3) is 2.85. The number of nitrogens with one attached hydrogen (secondary N) is 1. The largest absolute Gasteiger partial charge is 0.364 e. The van der Waals surface area contributed by atoms with E-state index in [1.807, 2.05) is 24.7 Å². The molecule has 0 bridgehead atoms. The van der Waals surface area contributed by atoms with Crippen LogP contribution in [-0.4, -0.2) is 9.78 Å². The van der Waals surface area contributed by atoms with Crippen LogP contribution >= 0.6 is 0 Å². The second-order valence-electron chi connectivity index (χ2n) is 4.15. The average molecular weight is 251 g/mol. The first kappa shape index (κ1) is 12.5. The van der Waals surface area contributed by atoms with Crippen molar-refractivity contribution in [2.45, 2.75) is 26.9 Å². The highest BCUT2D eigenvalue weighted by atomic mass is 19.1. The lowest BCUT2D eigenvalue weighted by Crippen LogP contribution is -2.03. The Morgan fingerprint density at radius 3 is 2.44 bits per heavy atom. The summed E-state index contributed by atoms with van der Waals surface area (Å²) in [6.45, 7) is 5.07. The summed E-state index contributed by atoms with van der Waals surface area (Å²) in [6, 6.07) is 3.48. The van der Waals surface area contributed by atoms with E-state index in [9.17, 15) is 8.78 Å². The number of hydrogen-bond acceptors (Lipinski definition) is 2. The van der Waals surface area contributed by atoms with Gasteiger partial charge in [-0.15, -0.1) is 0 Å². The van der Waals surface area contributed by atoms with E-state index in [1.165, 1.54) is 12.1 Å². The van der Waals surface area contributed by atoms with Crippen molar-refractivity contribution >= 4 is 5.82 Å². The van der Waals surface area contributed by atoms with Crippen LogP contribution < -0.4 is 5.32 Å². The van der Waals surface area contributed by atoms with E-state index >= 15 is 0 Å². The van der Waals surface area contributed by atoms with Crippen LogP contribution in [0, 0.1) is 18.6 Å². The van der Waals surface area contributed by atoms with Gasteiger partial charge in [-0.25, -0.2) is 8.78 Å². The van der Waals surface area contributed by atoms with Crippen molar-refractivity contribution in [1.29, 1.82) is 0 Å². The third-order valence-electron chi connectivity index (χ3n) is 2.65. The minimum atomic E-state index is -0.567. The van der Waals surface area contributed by atoms with Crippen molar-refractivity contribution < 1.29 is 8.78 Å². The number of rotatable bonds is 4. The first-order chi connectivity index (χ1) is 8.58. The Morgan fingerprint density at radius 2 is 1.89 bits per heavy atom. The summed E-state index contributed by atoms with van der Waals surface area (Å²) in [6.07, 6.45) is 1.93. The molecule has 0 aliphatic heterocycles. The highest BCUT2D eigenvalue weighted by Gasteiger charge is 2.05. The Bertz CT molecular complexity index is 529. The summed E-state index contributed by atoms with van der Waals surface area (Å²) in [7, 11) is 0. The number of halogens is 2. The Hall–Kier alpha value is -1.91. The van der Waals surface area contributed by atoms with Crippen LogP contribution in [0.5, 0.6) is 0 Å². The minimum absolute atomic E-state index is 0.343. The summed E-state index contributed by atoms with van der Waals surface area (Å²) >= 11 is 0.